The molecule has 5 nitrogen and oxygen atoms in total. The summed E-state index contributed by atoms with van der Waals surface area (Å²) in [4.78, 5) is 28.0. The van der Waals surface area contributed by atoms with Gasteiger partial charge in [0.1, 0.15) is 6.04 Å². The monoisotopic (exact) mass is 395 g/mol. The second-order valence-corrected chi connectivity index (χ2v) is 7.69. The van der Waals surface area contributed by atoms with Crippen molar-refractivity contribution in [2.24, 2.45) is 0 Å². The minimum atomic E-state index is -0.615. The molecule has 0 saturated heterocycles. The second-order valence-electron chi connectivity index (χ2n) is 6.74. The number of carbonyl (C=O) groups excluding carboxylic acids is 2. The first-order valence-electron chi connectivity index (χ1n) is 9.34. The number of likely N-dealkylation sites (N-methyl/N-ethyl adjacent to an activating group) is 1. The number of benzene rings is 1. The molecule has 0 aliphatic rings. The molecule has 2 amide bonds. The van der Waals surface area contributed by atoms with Crippen LogP contribution in [0.5, 0.6) is 0 Å². The van der Waals surface area contributed by atoms with E-state index in [0.717, 1.165) is 17.7 Å². The molecule has 0 saturated carbocycles. The largest absolute Gasteiger partial charge is 0.354 e. The Labute approximate surface area is 169 Å². The highest BCUT2D eigenvalue weighted by atomic mass is 32.1. The van der Waals surface area contributed by atoms with Gasteiger partial charge in [0, 0.05) is 39.0 Å². The van der Waals surface area contributed by atoms with Crippen molar-refractivity contribution in [2.75, 3.05) is 7.05 Å². The van der Waals surface area contributed by atoms with E-state index in [-0.39, 0.29) is 11.8 Å². The van der Waals surface area contributed by atoms with Gasteiger partial charge in [-0.05, 0) is 35.6 Å². The van der Waals surface area contributed by atoms with E-state index >= 15 is 0 Å². The van der Waals surface area contributed by atoms with E-state index in [1.54, 1.807) is 18.0 Å². The third-order valence-electron chi connectivity index (χ3n) is 4.60. The van der Waals surface area contributed by atoms with Crippen LogP contribution < -0.4 is 5.32 Å². The van der Waals surface area contributed by atoms with Crippen LogP contribution in [-0.4, -0.2) is 34.4 Å². The van der Waals surface area contributed by atoms with Crippen LogP contribution in [0, 0.1) is 0 Å². The molecule has 1 N–H and O–H groups in total. The summed E-state index contributed by atoms with van der Waals surface area (Å²) in [6.07, 6.45) is 4.50. The van der Waals surface area contributed by atoms with E-state index in [2.05, 4.69) is 16.8 Å². The molecule has 0 radical (unpaired) electrons. The van der Waals surface area contributed by atoms with Gasteiger partial charge in [0.15, 0.2) is 0 Å². The van der Waals surface area contributed by atoms with Crippen molar-refractivity contribution < 1.29 is 9.59 Å². The van der Waals surface area contributed by atoms with E-state index in [1.807, 2.05) is 60.2 Å². The Bertz CT molecular complexity index is 903. The zero-order valence-corrected chi connectivity index (χ0v) is 17.0. The standard InChI is InChI=1S/C22H25N3O2S/c1-3-25-12-11-18(16-25)15-24(2)22(27)19(14-17-8-5-4-6-9-17)23-21(26)20-10-7-13-28-20/h4-13,16,19H,3,14-15H2,1-2H3,(H,23,26)/t19-/m0/s1. The molecule has 2 aromatic heterocycles. The average Bonchev–Trinajstić information content (AvgIpc) is 3.39. The number of nitrogens with zero attached hydrogens (tertiary/aromatic N) is 2. The normalized spacial score (nSPS) is 11.8. The molecule has 3 aromatic rings. The number of carbonyl (C=O) groups is 2. The second kappa shape index (κ2) is 9.37. The molecule has 0 fully saturated rings. The summed E-state index contributed by atoms with van der Waals surface area (Å²) in [7, 11) is 1.78. The van der Waals surface area contributed by atoms with Gasteiger partial charge in [0.05, 0.1) is 4.88 Å². The number of amides is 2. The molecular weight excluding hydrogens is 370 g/mol. The van der Waals surface area contributed by atoms with Crippen molar-refractivity contribution in [3.05, 3.63) is 82.3 Å². The van der Waals surface area contributed by atoms with Crippen molar-refractivity contribution in [1.82, 2.24) is 14.8 Å². The molecule has 0 bridgehead atoms. The van der Waals surface area contributed by atoms with Gasteiger partial charge in [-0.2, -0.15) is 0 Å². The van der Waals surface area contributed by atoms with Crippen LogP contribution >= 0.6 is 11.3 Å². The maximum Gasteiger partial charge on any atom is 0.262 e. The van der Waals surface area contributed by atoms with Gasteiger partial charge < -0.3 is 14.8 Å². The van der Waals surface area contributed by atoms with Gasteiger partial charge in [0.2, 0.25) is 5.91 Å². The summed E-state index contributed by atoms with van der Waals surface area (Å²) in [6.45, 7) is 3.48. The molecule has 3 rings (SSSR count). The third kappa shape index (κ3) is 5.10. The Morgan fingerprint density at radius 3 is 2.54 bits per heavy atom. The first-order valence-corrected chi connectivity index (χ1v) is 10.2. The maximum atomic E-state index is 13.1. The summed E-state index contributed by atoms with van der Waals surface area (Å²) in [6, 6.07) is 14.8. The van der Waals surface area contributed by atoms with Gasteiger partial charge in [-0.25, -0.2) is 0 Å². The highest BCUT2D eigenvalue weighted by molar-refractivity contribution is 7.12. The van der Waals surface area contributed by atoms with E-state index in [1.165, 1.54) is 11.3 Å². The van der Waals surface area contributed by atoms with E-state index < -0.39 is 6.04 Å². The van der Waals surface area contributed by atoms with Gasteiger partial charge >= 0.3 is 0 Å². The lowest BCUT2D eigenvalue weighted by atomic mass is 10.0. The first kappa shape index (κ1) is 19.9. The highest BCUT2D eigenvalue weighted by Crippen LogP contribution is 2.12. The van der Waals surface area contributed by atoms with E-state index in [9.17, 15) is 9.59 Å². The van der Waals surface area contributed by atoms with Crippen molar-refractivity contribution in [3.63, 3.8) is 0 Å². The molecule has 146 valence electrons. The fourth-order valence-corrected chi connectivity index (χ4v) is 3.71. The minimum Gasteiger partial charge on any atom is -0.354 e. The average molecular weight is 396 g/mol. The lowest BCUT2D eigenvalue weighted by Gasteiger charge is -2.24. The van der Waals surface area contributed by atoms with Gasteiger partial charge in [-0.1, -0.05) is 36.4 Å². The molecule has 0 spiro atoms. The van der Waals surface area contributed by atoms with Crippen LogP contribution in [-0.2, 0) is 24.3 Å². The van der Waals surface area contributed by atoms with E-state index in [0.29, 0.717) is 17.8 Å². The number of thiophene rings is 1. The van der Waals surface area contributed by atoms with E-state index in [4.69, 9.17) is 0 Å². The smallest absolute Gasteiger partial charge is 0.262 e. The fourth-order valence-electron chi connectivity index (χ4n) is 3.09. The Kier molecular flexibility index (Phi) is 6.66. The fraction of sp³-hybridized carbons (Fsp3) is 0.273. The number of hydrogen-bond acceptors (Lipinski definition) is 3. The SMILES string of the molecule is CCn1ccc(CN(C)C(=O)[C@H](Cc2ccccc2)NC(=O)c2cccs2)c1. The van der Waals surface area contributed by atoms with Crippen LogP contribution in [0.3, 0.4) is 0 Å². The van der Waals surface area contributed by atoms with Crippen LogP contribution in [0.2, 0.25) is 0 Å². The number of aromatic nitrogens is 1. The summed E-state index contributed by atoms with van der Waals surface area (Å²) in [5.74, 6) is -0.312. The topological polar surface area (TPSA) is 54.3 Å². The maximum absolute atomic E-state index is 13.1. The number of nitrogens with one attached hydrogen (secondary N) is 1. The molecule has 6 heteroatoms. The Hall–Kier alpha value is -2.86. The third-order valence-corrected chi connectivity index (χ3v) is 5.47. The van der Waals surface area contributed by atoms with Crippen molar-refractivity contribution in [1.29, 1.82) is 0 Å². The molecule has 1 aromatic carbocycles. The number of rotatable bonds is 8. The van der Waals surface area contributed by atoms with Crippen LogP contribution in [0.25, 0.3) is 0 Å². The van der Waals surface area contributed by atoms with Crippen molar-refractivity contribution in [3.8, 4) is 0 Å². The predicted octanol–water partition coefficient (Wildman–Crippen LogP) is 3.57. The van der Waals surface area contributed by atoms with Crippen LogP contribution in [0.15, 0.2) is 66.3 Å². The van der Waals surface area contributed by atoms with Gasteiger partial charge in [-0.3, -0.25) is 9.59 Å². The lowest BCUT2D eigenvalue weighted by molar-refractivity contribution is -0.132. The summed E-state index contributed by atoms with van der Waals surface area (Å²) < 4.78 is 2.08. The predicted molar refractivity (Wildman–Crippen MR) is 112 cm³/mol. The minimum absolute atomic E-state index is 0.0991. The molecule has 0 aliphatic heterocycles. The van der Waals surface area contributed by atoms with Crippen LogP contribution in [0.1, 0.15) is 27.7 Å². The molecule has 1 atom stereocenters. The molecule has 28 heavy (non-hydrogen) atoms. The zero-order valence-electron chi connectivity index (χ0n) is 16.2. The van der Waals surface area contributed by atoms with Gasteiger partial charge in [-0.15, -0.1) is 11.3 Å². The first-order chi connectivity index (χ1) is 13.6. The van der Waals surface area contributed by atoms with Crippen LogP contribution in [0.4, 0.5) is 0 Å². The molecule has 0 aliphatic carbocycles. The van der Waals surface area contributed by atoms with Gasteiger partial charge in [0.25, 0.3) is 5.91 Å². The molecular formula is C22H25N3O2S. The highest BCUT2D eigenvalue weighted by Gasteiger charge is 2.25. The lowest BCUT2D eigenvalue weighted by Crippen LogP contribution is -2.48. The molecule has 2 heterocycles. The van der Waals surface area contributed by atoms with Crippen molar-refractivity contribution >= 4 is 23.2 Å². The Balaban J connectivity index is 1.73. The summed E-state index contributed by atoms with van der Waals surface area (Å²) >= 11 is 1.37. The number of hydrogen-bond donors (Lipinski definition) is 1. The zero-order chi connectivity index (χ0) is 19.9. The summed E-state index contributed by atoms with van der Waals surface area (Å²) in [5, 5.41) is 4.78. The molecule has 0 unspecified atom stereocenters. The summed E-state index contributed by atoms with van der Waals surface area (Å²) in [5.41, 5.74) is 2.08. The van der Waals surface area contributed by atoms with Crippen molar-refractivity contribution in [2.45, 2.75) is 32.5 Å². The Morgan fingerprint density at radius 1 is 1.11 bits per heavy atom. The Morgan fingerprint density at radius 2 is 1.89 bits per heavy atom. The quantitative estimate of drug-likeness (QED) is 0.634. The number of aryl methyl sites for hydroxylation is 1.